The van der Waals surface area contributed by atoms with Crippen molar-refractivity contribution in [2.45, 2.75) is 52.7 Å². The monoisotopic (exact) mass is 210 g/mol. The highest BCUT2D eigenvalue weighted by Gasteiger charge is 2.41. The van der Waals surface area contributed by atoms with Gasteiger partial charge in [-0.15, -0.1) is 0 Å². The predicted octanol–water partition coefficient (Wildman–Crippen LogP) is 3.28. The molecule has 0 aromatic rings. The molecule has 2 nitrogen and oxygen atoms in total. The van der Waals surface area contributed by atoms with E-state index in [4.69, 9.17) is 9.47 Å². The van der Waals surface area contributed by atoms with Crippen LogP contribution in [0.3, 0.4) is 0 Å². The molecule has 15 heavy (non-hydrogen) atoms. The molecule has 0 saturated carbocycles. The van der Waals surface area contributed by atoms with E-state index >= 15 is 0 Å². The van der Waals surface area contributed by atoms with E-state index in [1.165, 1.54) is 18.4 Å². The molecule has 86 valence electrons. The van der Waals surface area contributed by atoms with Gasteiger partial charge in [0, 0.05) is 5.41 Å². The van der Waals surface area contributed by atoms with Crippen molar-refractivity contribution in [2.75, 3.05) is 13.2 Å². The summed E-state index contributed by atoms with van der Waals surface area (Å²) in [4.78, 5) is 0. The first-order valence-corrected chi connectivity index (χ1v) is 5.86. The molecule has 0 bridgehead atoms. The van der Waals surface area contributed by atoms with Crippen LogP contribution in [0.15, 0.2) is 11.1 Å². The molecule has 1 aliphatic carbocycles. The van der Waals surface area contributed by atoms with Crippen molar-refractivity contribution in [3.8, 4) is 0 Å². The molecular weight excluding hydrogens is 188 g/mol. The van der Waals surface area contributed by atoms with E-state index in [2.05, 4.69) is 13.8 Å². The van der Waals surface area contributed by atoms with E-state index < -0.39 is 0 Å². The Morgan fingerprint density at radius 2 is 1.60 bits per heavy atom. The van der Waals surface area contributed by atoms with Crippen molar-refractivity contribution in [1.82, 2.24) is 0 Å². The van der Waals surface area contributed by atoms with Crippen LogP contribution in [0.1, 0.15) is 47.0 Å². The maximum absolute atomic E-state index is 5.80. The van der Waals surface area contributed by atoms with Crippen LogP contribution < -0.4 is 0 Å². The van der Waals surface area contributed by atoms with Crippen molar-refractivity contribution in [3.05, 3.63) is 11.1 Å². The van der Waals surface area contributed by atoms with Gasteiger partial charge < -0.3 is 9.47 Å². The van der Waals surface area contributed by atoms with Gasteiger partial charge in [-0.25, -0.2) is 0 Å². The minimum atomic E-state index is -0.380. The maximum Gasteiger partial charge on any atom is 0.162 e. The van der Waals surface area contributed by atoms with Gasteiger partial charge in [-0.05, 0) is 47.0 Å². The van der Waals surface area contributed by atoms with Crippen LogP contribution in [-0.2, 0) is 9.47 Å². The first-order valence-electron chi connectivity index (χ1n) is 5.86. The van der Waals surface area contributed by atoms with E-state index in [1.807, 2.05) is 13.8 Å². The number of hydrogen-bond acceptors (Lipinski definition) is 2. The molecule has 0 aromatic heterocycles. The van der Waals surface area contributed by atoms with Gasteiger partial charge in [-0.1, -0.05) is 11.1 Å². The molecule has 2 aliphatic rings. The highest BCUT2D eigenvalue weighted by atomic mass is 16.7. The lowest BCUT2D eigenvalue weighted by Crippen LogP contribution is -2.47. The third kappa shape index (κ3) is 2.26. The Hall–Kier alpha value is -0.340. The lowest BCUT2D eigenvalue weighted by molar-refractivity contribution is -0.287. The highest BCUT2D eigenvalue weighted by Crippen LogP contribution is 2.43. The fourth-order valence-corrected chi connectivity index (χ4v) is 2.45. The summed E-state index contributed by atoms with van der Waals surface area (Å²) in [5.74, 6) is -0.380. The van der Waals surface area contributed by atoms with Gasteiger partial charge in [-0.2, -0.15) is 0 Å². The molecule has 1 fully saturated rings. The van der Waals surface area contributed by atoms with E-state index in [1.54, 1.807) is 5.57 Å². The normalized spacial score (nSPS) is 29.6. The average molecular weight is 210 g/mol. The molecule has 0 N–H and O–H groups in total. The Morgan fingerprint density at radius 3 is 2.13 bits per heavy atom. The zero-order chi connectivity index (χ0) is 11.1. The van der Waals surface area contributed by atoms with Crippen molar-refractivity contribution >= 4 is 0 Å². The molecule has 1 saturated heterocycles. The number of rotatable bonds is 0. The summed E-state index contributed by atoms with van der Waals surface area (Å²) in [6, 6.07) is 0. The van der Waals surface area contributed by atoms with Gasteiger partial charge in [0.25, 0.3) is 0 Å². The standard InChI is InChI=1S/C13H22O2/c1-10-5-6-13(7-11(10)2)8-14-12(3,4)15-9-13/h5-9H2,1-4H3. The molecule has 0 amide bonds. The average Bonchev–Trinajstić information content (AvgIpc) is 2.18. The van der Waals surface area contributed by atoms with Crippen molar-refractivity contribution < 1.29 is 9.47 Å². The second-order valence-corrected chi connectivity index (χ2v) is 5.71. The zero-order valence-corrected chi connectivity index (χ0v) is 10.4. The van der Waals surface area contributed by atoms with Crippen LogP contribution in [-0.4, -0.2) is 19.0 Å². The molecule has 0 atom stereocenters. The molecule has 1 heterocycles. The molecule has 0 radical (unpaired) electrons. The van der Waals surface area contributed by atoms with Crippen molar-refractivity contribution in [2.24, 2.45) is 5.41 Å². The van der Waals surface area contributed by atoms with Gasteiger partial charge >= 0.3 is 0 Å². The summed E-state index contributed by atoms with van der Waals surface area (Å²) in [6.45, 7) is 10.2. The topological polar surface area (TPSA) is 18.5 Å². The van der Waals surface area contributed by atoms with Crippen LogP contribution in [0.4, 0.5) is 0 Å². The second-order valence-electron chi connectivity index (χ2n) is 5.71. The first kappa shape index (κ1) is 11.2. The Labute approximate surface area is 92.6 Å². The fourth-order valence-electron chi connectivity index (χ4n) is 2.45. The van der Waals surface area contributed by atoms with Gasteiger partial charge in [0.05, 0.1) is 13.2 Å². The van der Waals surface area contributed by atoms with Gasteiger partial charge in [0.15, 0.2) is 5.79 Å². The summed E-state index contributed by atoms with van der Waals surface area (Å²) < 4.78 is 11.6. The third-order valence-electron chi connectivity index (χ3n) is 3.85. The van der Waals surface area contributed by atoms with Crippen LogP contribution in [0.2, 0.25) is 0 Å². The lowest BCUT2D eigenvalue weighted by Gasteiger charge is -2.45. The Bertz CT molecular complexity index is 279. The van der Waals surface area contributed by atoms with E-state index in [9.17, 15) is 0 Å². The lowest BCUT2D eigenvalue weighted by atomic mass is 9.72. The zero-order valence-electron chi connectivity index (χ0n) is 10.4. The third-order valence-corrected chi connectivity index (χ3v) is 3.85. The summed E-state index contributed by atoms with van der Waals surface area (Å²) >= 11 is 0. The molecule has 0 aromatic carbocycles. The Kier molecular flexibility index (Phi) is 2.68. The Balaban J connectivity index is 2.06. The summed E-state index contributed by atoms with van der Waals surface area (Å²) in [5.41, 5.74) is 3.36. The first-order chi connectivity index (χ1) is 6.93. The smallest absolute Gasteiger partial charge is 0.162 e. The van der Waals surface area contributed by atoms with Gasteiger partial charge in [-0.3, -0.25) is 0 Å². The molecule has 2 heteroatoms. The largest absolute Gasteiger partial charge is 0.350 e. The van der Waals surface area contributed by atoms with E-state index in [0.717, 1.165) is 19.6 Å². The van der Waals surface area contributed by atoms with Gasteiger partial charge in [0.1, 0.15) is 0 Å². The van der Waals surface area contributed by atoms with Crippen LogP contribution in [0.5, 0.6) is 0 Å². The van der Waals surface area contributed by atoms with Crippen molar-refractivity contribution in [3.63, 3.8) is 0 Å². The quantitative estimate of drug-likeness (QED) is 0.571. The maximum atomic E-state index is 5.80. The minimum Gasteiger partial charge on any atom is -0.350 e. The molecule has 0 unspecified atom stereocenters. The molecule has 1 spiro atoms. The number of allylic oxidation sites excluding steroid dienone is 2. The van der Waals surface area contributed by atoms with Crippen LogP contribution >= 0.6 is 0 Å². The van der Waals surface area contributed by atoms with Gasteiger partial charge in [0.2, 0.25) is 0 Å². The summed E-state index contributed by atoms with van der Waals surface area (Å²) in [7, 11) is 0. The van der Waals surface area contributed by atoms with Crippen molar-refractivity contribution in [1.29, 1.82) is 0 Å². The molecule has 1 aliphatic heterocycles. The van der Waals surface area contributed by atoms with E-state index in [0.29, 0.717) is 0 Å². The summed E-state index contributed by atoms with van der Waals surface area (Å²) in [5, 5.41) is 0. The summed E-state index contributed by atoms with van der Waals surface area (Å²) in [6.07, 6.45) is 3.57. The van der Waals surface area contributed by atoms with E-state index in [-0.39, 0.29) is 11.2 Å². The molecular formula is C13H22O2. The fraction of sp³-hybridized carbons (Fsp3) is 0.846. The predicted molar refractivity (Wildman–Crippen MR) is 60.6 cm³/mol. The minimum absolute atomic E-state index is 0.263. The SMILES string of the molecule is CC1=C(C)CC2(CC1)COC(C)(C)OC2. The Morgan fingerprint density at radius 1 is 1.00 bits per heavy atom. The van der Waals surface area contributed by atoms with Crippen LogP contribution in [0.25, 0.3) is 0 Å². The molecule has 2 rings (SSSR count). The second kappa shape index (κ2) is 3.60. The number of ether oxygens (including phenoxy) is 2. The van der Waals surface area contributed by atoms with Crippen LogP contribution in [0, 0.1) is 5.41 Å². The number of hydrogen-bond donors (Lipinski definition) is 0. The highest BCUT2D eigenvalue weighted by molar-refractivity contribution is 5.17.